The van der Waals surface area contributed by atoms with Crippen molar-refractivity contribution < 1.29 is 8.42 Å². The maximum atomic E-state index is 12.0. The van der Waals surface area contributed by atoms with Gasteiger partial charge in [-0.05, 0) is 32.6 Å². The lowest BCUT2D eigenvalue weighted by Crippen LogP contribution is -2.34. The highest BCUT2D eigenvalue weighted by Crippen LogP contribution is 2.56. The number of hydrogen-bond acceptors (Lipinski definition) is 2. The third-order valence-electron chi connectivity index (χ3n) is 3.22. The minimum absolute atomic E-state index is 0.364. The van der Waals surface area contributed by atoms with E-state index in [2.05, 4.69) is 15.9 Å². The van der Waals surface area contributed by atoms with Gasteiger partial charge < -0.3 is 0 Å². The molecule has 0 unspecified atom stereocenters. The largest absolute Gasteiger partial charge is 0.228 e. The molecule has 0 N–H and O–H groups in total. The van der Waals surface area contributed by atoms with Crippen LogP contribution in [-0.2, 0) is 9.84 Å². The Morgan fingerprint density at radius 2 is 1.75 bits per heavy atom. The Bertz CT molecular complexity index is 299. The van der Waals surface area contributed by atoms with Gasteiger partial charge in [0, 0.05) is 5.33 Å². The molecule has 70 valence electrons. The van der Waals surface area contributed by atoms with Gasteiger partial charge in [-0.1, -0.05) is 15.9 Å². The first-order valence-corrected chi connectivity index (χ1v) is 6.88. The van der Waals surface area contributed by atoms with Gasteiger partial charge in [0.2, 0.25) is 0 Å². The molecule has 0 atom stereocenters. The number of alkyl halides is 1. The lowest BCUT2D eigenvalue weighted by atomic mass is 10.5. The van der Waals surface area contributed by atoms with Crippen LogP contribution in [0.4, 0.5) is 0 Å². The van der Waals surface area contributed by atoms with Gasteiger partial charge in [-0.25, -0.2) is 8.42 Å². The summed E-state index contributed by atoms with van der Waals surface area (Å²) in [4.78, 5) is 0. The minimum atomic E-state index is -2.85. The number of halogens is 1. The zero-order valence-electron chi connectivity index (χ0n) is 7.14. The highest BCUT2D eigenvalue weighted by atomic mass is 79.9. The second-order valence-electron chi connectivity index (χ2n) is 4.27. The fraction of sp³-hybridized carbons (Fsp3) is 1.00. The highest BCUT2D eigenvalue weighted by molar-refractivity contribution is 9.09. The summed E-state index contributed by atoms with van der Waals surface area (Å²) in [5, 5.41) is 0.623. The van der Waals surface area contributed by atoms with Crippen LogP contribution < -0.4 is 0 Å². The Morgan fingerprint density at radius 1 is 1.25 bits per heavy atom. The molecule has 0 aromatic rings. The van der Waals surface area contributed by atoms with E-state index in [9.17, 15) is 8.42 Å². The second-order valence-corrected chi connectivity index (χ2v) is 7.69. The van der Waals surface area contributed by atoms with E-state index in [1.54, 1.807) is 0 Å². The summed E-state index contributed by atoms with van der Waals surface area (Å²) in [6, 6.07) is 0. The highest BCUT2D eigenvalue weighted by Gasteiger charge is 2.64. The third-order valence-corrected chi connectivity index (χ3v) is 8.07. The number of rotatable bonds is 3. The molecule has 0 heterocycles. The first-order valence-electron chi connectivity index (χ1n) is 4.28. The van der Waals surface area contributed by atoms with Crippen LogP contribution in [0.3, 0.4) is 0 Å². The summed E-state index contributed by atoms with van der Waals surface area (Å²) in [5.74, 6) is 0. The van der Waals surface area contributed by atoms with Gasteiger partial charge in [0.15, 0.2) is 9.84 Å². The van der Waals surface area contributed by atoms with E-state index in [0.717, 1.165) is 25.7 Å². The van der Waals surface area contributed by atoms with Crippen molar-refractivity contribution in [2.45, 2.75) is 42.1 Å². The molecule has 0 spiro atoms. The molecule has 0 saturated heterocycles. The third kappa shape index (κ3) is 0.939. The molecule has 2 rings (SSSR count). The van der Waals surface area contributed by atoms with Crippen LogP contribution in [0.15, 0.2) is 0 Å². The average Bonchev–Trinajstić information content (AvgIpc) is 2.81. The van der Waals surface area contributed by atoms with Crippen molar-refractivity contribution in [1.82, 2.24) is 0 Å². The fourth-order valence-electron chi connectivity index (χ4n) is 1.58. The zero-order chi connectivity index (χ0) is 9.04. The average molecular weight is 253 g/mol. The number of sulfone groups is 1. The van der Waals surface area contributed by atoms with Crippen LogP contribution in [0.5, 0.6) is 0 Å². The van der Waals surface area contributed by atoms with Crippen LogP contribution in [-0.4, -0.2) is 23.2 Å². The molecular weight excluding hydrogens is 240 g/mol. The smallest absolute Gasteiger partial charge is 0.162 e. The van der Waals surface area contributed by atoms with Crippen molar-refractivity contribution in [3.05, 3.63) is 0 Å². The second kappa shape index (κ2) is 2.27. The van der Waals surface area contributed by atoms with Crippen LogP contribution >= 0.6 is 15.9 Å². The lowest BCUT2D eigenvalue weighted by Gasteiger charge is -2.18. The van der Waals surface area contributed by atoms with Crippen molar-refractivity contribution >= 4 is 25.8 Å². The molecule has 0 radical (unpaired) electrons. The maximum absolute atomic E-state index is 12.0. The predicted molar refractivity (Wildman–Crippen MR) is 52.3 cm³/mol. The predicted octanol–water partition coefficient (Wildman–Crippen LogP) is 1.88. The molecule has 0 aliphatic heterocycles. The Balaban J connectivity index is 2.33. The Morgan fingerprint density at radius 3 is 2.00 bits per heavy atom. The first-order chi connectivity index (χ1) is 5.47. The van der Waals surface area contributed by atoms with Crippen molar-refractivity contribution in [1.29, 1.82) is 0 Å². The van der Waals surface area contributed by atoms with Crippen molar-refractivity contribution in [3.8, 4) is 0 Å². The van der Waals surface area contributed by atoms with Gasteiger partial charge in [0.25, 0.3) is 0 Å². The van der Waals surface area contributed by atoms with Gasteiger partial charge >= 0.3 is 0 Å². The molecule has 0 amide bonds. The van der Waals surface area contributed by atoms with E-state index in [1.807, 2.05) is 6.92 Å². The SMILES string of the molecule is CC1(S(=O)(=O)C2(CBr)CC2)CC1. The molecule has 2 saturated carbocycles. The quantitative estimate of drug-likeness (QED) is 0.720. The normalized spacial score (nSPS) is 29.8. The molecule has 2 nitrogen and oxygen atoms in total. The standard InChI is InChI=1S/C8H13BrO2S/c1-7(2-3-7)12(10,11)8(6-9)4-5-8/h2-6H2,1H3. The van der Waals surface area contributed by atoms with E-state index >= 15 is 0 Å². The molecule has 0 bridgehead atoms. The lowest BCUT2D eigenvalue weighted by molar-refractivity contribution is 0.568. The van der Waals surface area contributed by atoms with Crippen molar-refractivity contribution in [3.63, 3.8) is 0 Å². The van der Waals surface area contributed by atoms with Gasteiger partial charge in [-0.3, -0.25) is 0 Å². The number of hydrogen-bond donors (Lipinski definition) is 0. The van der Waals surface area contributed by atoms with Gasteiger partial charge in [-0.15, -0.1) is 0 Å². The first kappa shape index (κ1) is 9.00. The molecule has 2 aliphatic carbocycles. The molecule has 4 heteroatoms. The molecule has 2 fully saturated rings. The monoisotopic (exact) mass is 252 g/mol. The minimum Gasteiger partial charge on any atom is -0.228 e. The molecule has 0 aromatic carbocycles. The Kier molecular flexibility index (Phi) is 1.70. The summed E-state index contributed by atoms with van der Waals surface area (Å²) in [6.45, 7) is 1.88. The summed E-state index contributed by atoms with van der Waals surface area (Å²) in [7, 11) is -2.85. The van der Waals surface area contributed by atoms with E-state index in [4.69, 9.17) is 0 Å². The molecule has 12 heavy (non-hydrogen) atoms. The molecule has 2 aliphatic rings. The van der Waals surface area contributed by atoms with Crippen LogP contribution in [0, 0.1) is 0 Å². The fourth-order valence-corrected chi connectivity index (χ4v) is 5.51. The van der Waals surface area contributed by atoms with E-state index in [-0.39, 0.29) is 9.49 Å². The van der Waals surface area contributed by atoms with Gasteiger partial charge in [0.1, 0.15) is 0 Å². The maximum Gasteiger partial charge on any atom is 0.162 e. The summed E-state index contributed by atoms with van der Waals surface area (Å²) in [6.07, 6.45) is 3.44. The summed E-state index contributed by atoms with van der Waals surface area (Å²) < 4.78 is 23.3. The zero-order valence-corrected chi connectivity index (χ0v) is 9.54. The van der Waals surface area contributed by atoms with Gasteiger partial charge in [0.05, 0.1) is 9.49 Å². The van der Waals surface area contributed by atoms with Crippen molar-refractivity contribution in [2.24, 2.45) is 0 Å². The summed E-state index contributed by atoms with van der Waals surface area (Å²) in [5.41, 5.74) is 0. The topological polar surface area (TPSA) is 34.1 Å². The Hall–Kier alpha value is 0.430. The van der Waals surface area contributed by atoms with E-state index < -0.39 is 9.84 Å². The van der Waals surface area contributed by atoms with E-state index in [0.29, 0.717) is 5.33 Å². The Labute approximate surface area is 81.8 Å². The molecule has 0 aromatic heterocycles. The van der Waals surface area contributed by atoms with E-state index in [1.165, 1.54) is 0 Å². The van der Waals surface area contributed by atoms with Crippen LogP contribution in [0.2, 0.25) is 0 Å². The van der Waals surface area contributed by atoms with Crippen molar-refractivity contribution in [2.75, 3.05) is 5.33 Å². The molecular formula is C8H13BrO2S. The summed E-state index contributed by atoms with van der Waals surface area (Å²) >= 11 is 3.31. The van der Waals surface area contributed by atoms with Gasteiger partial charge in [-0.2, -0.15) is 0 Å². The van der Waals surface area contributed by atoms with Crippen LogP contribution in [0.1, 0.15) is 32.6 Å². The van der Waals surface area contributed by atoms with Crippen LogP contribution in [0.25, 0.3) is 0 Å².